The summed E-state index contributed by atoms with van der Waals surface area (Å²) in [7, 11) is 0. The molecule has 2 rings (SSSR count). The van der Waals surface area contributed by atoms with Gasteiger partial charge in [-0.2, -0.15) is 0 Å². The van der Waals surface area contributed by atoms with E-state index in [-0.39, 0.29) is 13.2 Å². The molecular weight excluding hydrogens is 290 g/mol. The molecule has 92 valence electrons. The summed E-state index contributed by atoms with van der Waals surface area (Å²) in [5, 5.41) is 25.8. The van der Waals surface area contributed by atoms with Gasteiger partial charge in [-0.25, -0.2) is 4.68 Å². The van der Waals surface area contributed by atoms with Gasteiger partial charge in [-0.3, -0.25) is 0 Å². The van der Waals surface area contributed by atoms with Crippen LogP contribution in [0.4, 0.5) is 0 Å². The molecule has 0 saturated heterocycles. The van der Waals surface area contributed by atoms with Crippen LogP contribution in [0.15, 0.2) is 21.2 Å². The molecule has 0 saturated carbocycles. The van der Waals surface area contributed by atoms with E-state index in [1.54, 1.807) is 16.8 Å². The number of aliphatic hydroxyl groups is 2. The number of hydrogen-bond donors (Lipinski definition) is 2. The molecular formula is C10H12BrN3O3. The molecule has 0 aliphatic carbocycles. The van der Waals surface area contributed by atoms with Gasteiger partial charge in [-0.1, -0.05) is 5.21 Å². The Balaban J connectivity index is 2.38. The first-order valence-electron chi connectivity index (χ1n) is 5.16. The SMILES string of the molecule is OCCCn1nnc(CO)c1-c1ccc(Br)o1. The van der Waals surface area contributed by atoms with Gasteiger partial charge in [0, 0.05) is 13.2 Å². The average molecular weight is 302 g/mol. The van der Waals surface area contributed by atoms with E-state index in [1.165, 1.54) is 0 Å². The molecule has 0 fully saturated rings. The number of rotatable bonds is 5. The Labute approximate surface area is 106 Å². The van der Waals surface area contributed by atoms with Crippen molar-refractivity contribution in [3.05, 3.63) is 22.5 Å². The monoisotopic (exact) mass is 301 g/mol. The standard InChI is InChI=1S/C10H12BrN3O3/c11-9-3-2-8(17-9)10-7(6-16)12-13-14(10)4-1-5-15/h2-3,15-16H,1,4-6H2. The molecule has 0 radical (unpaired) electrons. The average Bonchev–Trinajstić information content (AvgIpc) is 2.91. The number of halogens is 1. The second kappa shape index (κ2) is 5.44. The van der Waals surface area contributed by atoms with E-state index in [9.17, 15) is 5.11 Å². The number of hydrogen-bond acceptors (Lipinski definition) is 5. The van der Waals surface area contributed by atoms with Crippen LogP contribution in [0.1, 0.15) is 12.1 Å². The Bertz CT molecular complexity index is 495. The van der Waals surface area contributed by atoms with Crippen molar-refractivity contribution < 1.29 is 14.6 Å². The van der Waals surface area contributed by atoms with Gasteiger partial charge in [0.2, 0.25) is 0 Å². The second-order valence-electron chi connectivity index (χ2n) is 3.45. The van der Waals surface area contributed by atoms with Crippen molar-refractivity contribution in [3.8, 4) is 11.5 Å². The Morgan fingerprint density at radius 3 is 2.76 bits per heavy atom. The Morgan fingerprint density at radius 2 is 2.18 bits per heavy atom. The van der Waals surface area contributed by atoms with Crippen LogP contribution >= 0.6 is 15.9 Å². The van der Waals surface area contributed by atoms with E-state index in [0.29, 0.717) is 34.8 Å². The zero-order valence-electron chi connectivity index (χ0n) is 9.01. The van der Waals surface area contributed by atoms with Gasteiger partial charge < -0.3 is 14.6 Å². The number of aliphatic hydroxyl groups excluding tert-OH is 2. The second-order valence-corrected chi connectivity index (χ2v) is 4.23. The maximum absolute atomic E-state index is 9.21. The summed E-state index contributed by atoms with van der Waals surface area (Å²) in [4.78, 5) is 0. The summed E-state index contributed by atoms with van der Waals surface area (Å²) in [6.45, 7) is 0.402. The Kier molecular flexibility index (Phi) is 3.93. The molecule has 17 heavy (non-hydrogen) atoms. The summed E-state index contributed by atoms with van der Waals surface area (Å²) >= 11 is 3.22. The minimum absolute atomic E-state index is 0.0790. The van der Waals surface area contributed by atoms with Crippen LogP contribution in [0.3, 0.4) is 0 Å². The van der Waals surface area contributed by atoms with Crippen molar-refractivity contribution >= 4 is 15.9 Å². The van der Waals surface area contributed by atoms with Crippen LogP contribution in [0.25, 0.3) is 11.5 Å². The molecule has 0 spiro atoms. The van der Waals surface area contributed by atoms with Crippen molar-refractivity contribution in [1.82, 2.24) is 15.0 Å². The summed E-state index contributed by atoms with van der Waals surface area (Å²) in [6, 6.07) is 3.54. The number of aryl methyl sites for hydroxylation is 1. The van der Waals surface area contributed by atoms with Gasteiger partial charge in [0.1, 0.15) is 11.4 Å². The number of aromatic nitrogens is 3. The van der Waals surface area contributed by atoms with E-state index in [0.717, 1.165) is 0 Å². The smallest absolute Gasteiger partial charge is 0.169 e. The zero-order chi connectivity index (χ0) is 12.3. The van der Waals surface area contributed by atoms with E-state index in [1.807, 2.05) is 0 Å². The van der Waals surface area contributed by atoms with E-state index < -0.39 is 0 Å². The topological polar surface area (TPSA) is 84.3 Å². The summed E-state index contributed by atoms with van der Waals surface area (Å²) < 4.78 is 7.65. The predicted octanol–water partition coefficient (Wildman–Crippen LogP) is 1.18. The van der Waals surface area contributed by atoms with Crippen molar-refractivity contribution in [3.63, 3.8) is 0 Å². The fourth-order valence-corrected chi connectivity index (χ4v) is 1.85. The highest BCUT2D eigenvalue weighted by Crippen LogP contribution is 2.27. The van der Waals surface area contributed by atoms with Gasteiger partial charge in [-0.05, 0) is 34.5 Å². The summed E-state index contributed by atoms with van der Waals surface area (Å²) in [5.74, 6) is 0.587. The van der Waals surface area contributed by atoms with E-state index in [2.05, 4.69) is 26.2 Å². The number of furan rings is 1. The Morgan fingerprint density at radius 1 is 1.35 bits per heavy atom. The normalized spacial score (nSPS) is 11.0. The van der Waals surface area contributed by atoms with Crippen molar-refractivity contribution in [1.29, 1.82) is 0 Å². The third kappa shape index (κ3) is 2.56. The predicted molar refractivity (Wildman–Crippen MR) is 63.0 cm³/mol. The third-order valence-electron chi connectivity index (χ3n) is 2.29. The first-order chi connectivity index (χ1) is 8.26. The van der Waals surface area contributed by atoms with Crippen LogP contribution < -0.4 is 0 Å². The lowest BCUT2D eigenvalue weighted by molar-refractivity contribution is 0.276. The lowest BCUT2D eigenvalue weighted by Crippen LogP contribution is -2.04. The fraction of sp³-hybridized carbons (Fsp3) is 0.400. The van der Waals surface area contributed by atoms with Crippen LogP contribution in [0.5, 0.6) is 0 Å². The van der Waals surface area contributed by atoms with Crippen molar-refractivity contribution in [2.75, 3.05) is 6.61 Å². The maximum atomic E-state index is 9.21. The molecule has 2 N–H and O–H groups in total. The molecule has 0 bridgehead atoms. The largest absolute Gasteiger partial charge is 0.448 e. The molecule has 2 aromatic heterocycles. The van der Waals surface area contributed by atoms with Crippen molar-refractivity contribution in [2.24, 2.45) is 0 Å². The molecule has 7 heteroatoms. The quantitative estimate of drug-likeness (QED) is 0.866. The van der Waals surface area contributed by atoms with Gasteiger partial charge in [0.05, 0.1) is 6.61 Å². The van der Waals surface area contributed by atoms with Crippen molar-refractivity contribution in [2.45, 2.75) is 19.6 Å². The van der Waals surface area contributed by atoms with E-state index >= 15 is 0 Å². The van der Waals surface area contributed by atoms with Crippen LogP contribution in [0, 0.1) is 0 Å². The lowest BCUT2D eigenvalue weighted by atomic mass is 10.2. The van der Waals surface area contributed by atoms with Gasteiger partial charge >= 0.3 is 0 Å². The molecule has 0 atom stereocenters. The fourth-order valence-electron chi connectivity index (χ4n) is 1.54. The lowest BCUT2D eigenvalue weighted by Gasteiger charge is -2.03. The summed E-state index contributed by atoms with van der Waals surface area (Å²) in [6.07, 6.45) is 0.573. The molecule has 0 aliphatic rings. The van der Waals surface area contributed by atoms with Crippen LogP contribution in [0.2, 0.25) is 0 Å². The molecule has 0 aliphatic heterocycles. The highest BCUT2D eigenvalue weighted by Gasteiger charge is 2.17. The van der Waals surface area contributed by atoms with Gasteiger partial charge in [-0.15, -0.1) is 5.10 Å². The number of nitrogens with zero attached hydrogens (tertiary/aromatic N) is 3. The minimum atomic E-state index is -0.202. The highest BCUT2D eigenvalue weighted by atomic mass is 79.9. The molecule has 0 amide bonds. The zero-order valence-corrected chi connectivity index (χ0v) is 10.6. The van der Waals surface area contributed by atoms with Crippen LogP contribution in [-0.4, -0.2) is 31.8 Å². The van der Waals surface area contributed by atoms with Crippen LogP contribution in [-0.2, 0) is 13.2 Å². The maximum Gasteiger partial charge on any atom is 0.169 e. The molecule has 2 heterocycles. The first kappa shape index (κ1) is 12.3. The summed E-state index contributed by atoms with van der Waals surface area (Å²) in [5.41, 5.74) is 1.11. The van der Waals surface area contributed by atoms with Gasteiger partial charge in [0.25, 0.3) is 0 Å². The Hall–Kier alpha value is -1.18. The molecule has 0 aromatic carbocycles. The minimum Gasteiger partial charge on any atom is -0.448 e. The van der Waals surface area contributed by atoms with E-state index in [4.69, 9.17) is 9.52 Å². The molecule has 2 aromatic rings. The molecule has 6 nitrogen and oxygen atoms in total. The third-order valence-corrected chi connectivity index (χ3v) is 2.72. The first-order valence-corrected chi connectivity index (χ1v) is 5.95. The van der Waals surface area contributed by atoms with Gasteiger partial charge in [0.15, 0.2) is 10.4 Å². The highest BCUT2D eigenvalue weighted by molar-refractivity contribution is 9.10. The molecule has 0 unspecified atom stereocenters.